The first-order valence-corrected chi connectivity index (χ1v) is 18.5. The van der Waals surface area contributed by atoms with Crippen LogP contribution in [0.1, 0.15) is 119 Å². The SMILES string of the molecule is CC[C@H](CC[C@@H](C)[C@H]1CC[C@H]2[C@@H]3CCC4CC(OP(=O)([O-])OCC[N+](C)(C)C)CC[C@]4(C)[C@H]3CC[C@]12C)C(C)C. The molecule has 4 fully saturated rings. The molecule has 0 aromatic heterocycles. The summed E-state index contributed by atoms with van der Waals surface area (Å²) in [5.41, 5.74) is 0.846. The first-order valence-electron chi connectivity index (χ1n) is 17.0. The molecule has 0 spiro atoms. The summed E-state index contributed by atoms with van der Waals surface area (Å²) in [7, 11) is 1.84. The first-order chi connectivity index (χ1) is 18.6. The van der Waals surface area contributed by atoms with E-state index in [9.17, 15) is 9.46 Å². The van der Waals surface area contributed by atoms with E-state index < -0.39 is 7.82 Å². The van der Waals surface area contributed by atoms with Crippen molar-refractivity contribution in [3.8, 4) is 0 Å². The van der Waals surface area contributed by atoms with Crippen LogP contribution >= 0.6 is 7.82 Å². The maximum absolute atomic E-state index is 12.6. The zero-order chi connectivity index (χ0) is 29.5. The Balaban J connectivity index is 1.35. The second-order valence-electron chi connectivity index (χ2n) is 16.6. The average Bonchev–Trinajstić information content (AvgIpc) is 3.20. The molecule has 4 aliphatic carbocycles. The van der Waals surface area contributed by atoms with E-state index in [1.54, 1.807) is 0 Å². The van der Waals surface area contributed by atoms with Gasteiger partial charge in [-0.05, 0) is 122 Å². The molecular weight excluding hydrogens is 517 g/mol. The molecule has 5 nitrogen and oxygen atoms in total. The Hall–Kier alpha value is 0.0700. The third-order valence-electron chi connectivity index (χ3n) is 13.1. The van der Waals surface area contributed by atoms with Gasteiger partial charge in [0, 0.05) is 0 Å². The highest BCUT2D eigenvalue weighted by atomic mass is 31.2. The molecule has 0 aromatic carbocycles. The second kappa shape index (κ2) is 12.6. The van der Waals surface area contributed by atoms with E-state index in [4.69, 9.17) is 9.05 Å². The monoisotopic (exact) mass is 581 g/mol. The number of quaternary nitrogens is 1. The van der Waals surface area contributed by atoms with Crippen molar-refractivity contribution in [2.45, 2.75) is 125 Å². The molecule has 11 atom stereocenters. The van der Waals surface area contributed by atoms with Crippen molar-refractivity contribution in [1.82, 2.24) is 0 Å². The van der Waals surface area contributed by atoms with Crippen LogP contribution in [0, 0.1) is 58.2 Å². The van der Waals surface area contributed by atoms with Crippen molar-refractivity contribution in [1.29, 1.82) is 0 Å². The largest absolute Gasteiger partial charge is 0.756 e. The summed E-state index contributed by atoms with van der Waals surface area (Å²) in [5.74, 6) is 6.52. The molecule has 0 aliphatic heterocycles. The van der Waals surface area contributed by atoms with Crippen LogP contribution in [-0.4, -0.2) is 44.9 Å². The Labute approximate surface area is 247 Å². The van der Waals surface area contributed by atoms with E-state index in [0.717, 1.165) is 60.7 Å². The lowest BCUT2D eigenvalue weighted by molar-refractivity contribution is -0.870. The fraction of sp³-hybridized carbons (Fsp3) is 1.00. The van der Waals surface area contributed by atoms with Gasteiger partial charge in [0.05, 0.1) is 27.2 Å². The van der Waals surface area contributed by atoms with Gasteiger partial charge in [0.25, 0.3) is 7.82 Å². The fourth-order valence-corrected chi connectivity index (χ4v) is 11.5. The predicted molar refractivity (Wildman–Crippen MR) is 164 cm³/mol. The van der Waals surface area contributed by atoms with E-state index in [2.05, 4.69) is 41.5 Å². The van der Waals surface area contributed by atoms with Crippen LogP contribution in [0.2, 0.25) is 0 Å². The Bertz CT molecular complexity index is 888. The first kappa shape index (κ1) is 33.0. The predicted octanol–water partition coefficient (Wildman–Crippen LogP) is 8.32. The van der Waals surface area contributed by atoms with Crippen LogP contribution in [0.3, 0.4) is 0 Å². The van der Waals surface area contributed by atoms with Gasteiger partial charge in [-0.1, -0.05) is 54.4 Å². The minimum Gasteiger partial charge on any atom is -0.756 e. The van der Waals surface area contributed by atoms with Crippen molar-refractivity contribution >= 4 is 7.82 Å². The number of phosphoric acid groups is 1. The molecule has 0 heterocycles. The van der Waals surface area contributed by atoms with Crippen molar-refractivity contribution in [2.75, 3.05) is 34.3 Å². The van der Waals surface area contributed by atoms with E-state index >= 15 is 0 Å². The van der Waals surface area contributed by atoms with E-state index in [-0.39, 0.29) is 12.7 Å². The lowest BCUT2D eigenvalue weighted by atomic mass is 9.44. The van der Waals surface area contributed by atoms with Gasteiger partial charge in [0.1, 0.15) is 13.2 Å². The van der Waals surface area contributed by atoms with Gasteiger partial charge in [-0.2, -0.15) is 0 Å². The summed E-state index contributed by atoms with van der Waals surface area (Å²) in [6.07, 6.45) is 14.9. The number of fused-ring (bicyclic) bond motifs is 5. The lowest BCUT2D eigenvalue weighted by Crippen LogP contribution is -2.54. The minimum absolute atomic E-state index is 0.179. The summed E-state index contributed by atoms with van der Waals surface area (Å²) in [5, 5.41) is 0. The zero-order valence-electron chi connectivity index (χ0n) is 27.6. The van der Waals surface area contributed by atoms with Gasteiger partial charge in [-0.3, -0.25) is 4.57 Å². The van der Waals surface area contributed by atoms with Crippen molar-refractivity contribution < 1.29 is 23.0 Å². The molecule has 0 aromatic rings. The fourth-order valence-electron chi connectivity index (χ4n) is 10.6. The molecule has 0 saturated heterocycles. The molecule has 4 saturated carbocycles. The molecule has 0 amide bonds. The van der Waals surface area contributed by atoms with Crippen molar-refractivity contribution in [3.63, 3.8) is 0 Å². The molecule has 234 valence electrons. The maximum atomic E-state index is 12.6. The molecular formula is C34H64NO4P. The van der Waals surface area contributed by atoms with E-state index in [1.807, 2.05) is 21.1 Å². The number of likely N-dealkylation sites (N-methyl/N-ethyl adjacent to an activating group) is 1. The van der Waals surface area contributed by atoms with Crippen molar-refractivity contribution in [3.05, 3.63) is 0 Å². The Morgan fingerprint density at radius 2 is 1.60 bits per heavy atom. The van der Waals surface area contributed by atoms with Crippen LogP contribution in [0.5, 0.6) is 0 Å². The summed E-state index contributed by atoms with van der Waals surface area (Å²) in [4.78, 5) is 12.6. The summed E-state index contributed by atoms with van der Waals surface area (Å²) < 4.78 is 24.2. The smallest absolute Gasteiger partial charge is 0.268 e. The third kappa shape index (κ3) is 7.06. The topological polar surface area (TPSA) is 58.6 Å². The van der Waals surface area contributed by atoms with Crippen LogP contribution in [-0.2, 0) is 13.6 Å². The zero-order valence-corrected chi connectivity index (χ0v) is 28.5. The molecule has 6 heteroatoms. The van der Waals surface area contributed by atoms with Crippen LogP contribution in [0.15, 0.2) is 0 Å². The van der Waals surface area contributed by atoms with Crippen LogP contribution in [0.4, 0.5) is 0 Å². The maximum Gasteiger partial charge on any atom is 0.268 e. The van der Waals surface area contributed by atoms with E-state index in [1.165, 1.54) is 57.8 Å². The van der Waals surface area contributed by atoms with Crippen LogP contribution < -0.4 is 4.89 Å². The van der Waals surface area contributed by atoms with Gasteiger partial charge in [-0.15, -0.1) is 0 Å². The normalized spacial score (nSPS) is 41.1. The second-order valence-corrected chi connectivity index (χ2v) is 18.0. The minimum atomic E-state index is -4.27. The molecule has 0 radical (unpaired) electrons. The Kier molecular flexibility index (Phi) is 10.4. The standard InChI is InChI=1S/C34H64NO4P/c1-10-26(24(2)3)12-11-25(4)30-15-16-31-29-14-13-27-23-28(39-40(36,37)38-22-21-35(7,8)9)17-19-33(27,5)32(29)18-20-34(30,31)6/h24-32H,10-23H2,1-9H3/t25-,26-,27?,28?,29+,30-,31+,32+,33+,34-/m1/s1. The van der Waals surface area contributed by atoms with Gasteiger partial charge in [0.15, 0.2) is 0 Å². The number of hydrogen-bond acceptors (Lipinski definition) is 4. The molecule has 4 aliphatic rings. The lowest BCUT2D eigenvalue weighted by Gasteiger charge is -2.61. The summed E-state index contributed by atoms with van der Waals surface area (Å²) in [6.45, 7) is 15.8. The number of phosphoric ester groups is 1. The summed E-state index contributed by atoms with van der Waals surface area (Å²) >= 11 is 0. The Morgan fingerprint density at radius 3 is 2.25 bits per heavy atom. The third-order valence-corrected chi connectivity index (χ3v) is 14.2. The molecule has 40 heavy (non-hydrogen) atoms. The number of hydrogen-bond donors (Lipinski definition) is 0. The van der Waals surface area contributed by atoms with E-state index in [0.29, 0.717) is 27.8 Å². The molecule has 4 rings (SSSR count). The Morgan fingerprint density at radius 1 is 0.925 bits per heavy atom. The van der Waals surface area contributed by atoms with Gasteiger partial charge in [-0.25, -0.2) is 0 Å². The number of rotatable bonds is 12. The van der Waals surface area contributed by atoms with Crippen LogP contribution in [0.25, 0.3) is 0 Å². The van der Waals surface area contributed by atoms with Gasteiger partial charge < -0.3 is 18.4 Å². The highest BCUT2D eigenvalue weighted by Gasteiger charge is 2.60. The molecule has 0 bridgehead atoms. The molecule has 3 unspecified atom stereocenters. The highest BCUT2D eigenvalue weighted by Crippen LogP contribution is 2.68. The van der Waals surface area contributed by atoms with Gasteiger partial charge in [0.2, 0.25) is 0 Å². The number of nitrogens with zero attached hydrogens (tertiary/aromatic N) is 1. The quantitative estimate of drug-likeness (QED) is 0.172. The summed E-state index contributed by atoms with van der Waals surface area (Å²) in [6, 6.07) is 0. The average molecular weight is 582 g/mol. The highest BCUT2D eigenvalue weighted by molar-refractivity contribution is 7.45. The van der Waals surface area contributed by atoms with Crippen molar-refractivity contribution in [2.24, 2.45) is 58.2 Å². The molecule has 0 N–H and O–H groups in total. The van der Waals surface area contributed by atoms with Gasteiger partial charge >= 0.3 is 0 Å².